The summed E-state index contributed by atoms with van der Waals surface area (Å²) in [5.74, 6) is 1.04. The number of hydrogen-bond donors (Lipinski definition) is 0. The van der Waals surface area contributed by atoms with Crippen molar-refractivity contribution in [2.45, 2.75) is 56.6 Å². The summed E-state index contributed by atoms with van der Waals surface area (Å²) in [7, 11) is -1.83. The molecule has 5 heteroatoms. The van der Waals surface area contributed by atoms with Crippen molar-refractivity contribution in [3.63, 3.8) is 0 Å². The van der Waals surface area contributed by atoms with Crippen molar-refractivity contribution < 1.29 is 13.2 Å². The van der Waals surface area contributed by atoms with Crippen LogP contribution in [0.2, 0.25) is 0 Å². The molecule has 0 bridgehead atoms. The second kappa shape index (κ2) is 4.71. The molecule has 0 N–H and O–H groups in total. The lowest BCUT2D eigenvalue weighted by molar-refractivity contribution is 0.134. The predicted octanol–water partition coefficient (Wildman–Crippen LogP) is 2.82. The number of para-hydroxylation sites is 1. The first kappa shape index (κ1) is 14.9. The molecule has 3 rings (SSSR count). The maximum absolute atomic E-state index is 12.9. The molecular formula is C16H23NO3S. The summed E-state index contributed by atoms with van der Waals surface area (Å²) >= 11 is 0. The Balaban J connectivity index is 1.99. The quantitative estimate of drug-likeness (QED) is 0.859. The van der Waals surface area contributed by atoms with Gasteiger partial charge in [0, 0.05) is 19.5 Å². The molecule has 1 aliphatic heterocycles. The summed E-state index contributed by atoms with van der Waals surface area (Å²) in [6.07, 6.45) is 2.99. The van der Waals surface area contributed by atoms with E-state index in [1.165, 1.54) is 4.31 Å². The van der Waals surface area contributed by atoms with Crippen molar-refractivity contribution in [2.75, 3.05) is 7.05 Å². The third-order valence-corrected chi connectivity index (χ3v) is 6.56. The van der Waals surface area contributed by atoms with Gasteiger partial charge in [0.1, 0.15) is 16.2 Å². The molecule has 0 aromatic heterocycles. The van der Waals surface area contributed by atoms with Crippen LogP contribution in [0.15, 0.2) is 23.1 Å². The van der Waals surface area contributed by atoms with Crippen molar-refractivity contribution in [3.8, 4) is 5.75 Å². The Labute approximate surface area is 127 Å². The Morgan fingerprint density at radius 3 is 2.62 bits per heavy atom. The van der Waals surface area contributed by atoms with E-state index < -0.39 is 10.0 Å². The highest BCUT2D eigenvalue weighted by molar-refractivity contribution is 7.89. The summed E-state index contributed by atoms with van der Waals surface area (Å²) < 4.78 is 33.3. The molecule has 2 aliphatic rings. The van der Waals surface area contributed by atoms with Crippen LogP contribution < -0.4 is 4.74 Å². The van der Waals surface area contributed by atoms with Crippen LogP contribution in [0, 0.1) is 5.92 Å². The molecule has 0 spiro atoms. The molecule has 1 aromatic carbocycles. The molecule has 4 nitrogen and oxygen atoms in total. The Bertz CT molecular complexity index is 662. The van der Waals surface area contributed by atoms with Gasteiger partial charge in [-0.2, -0.15) is 4.31 Å². The van der Waals surface area contributed by atoms with Crippen molar-refractivity contribution in [1.82, 2.24) is 4.31 Å². The van der Waals surface area contributed by atoms with E-state index in [-0.39, 0.29) is 11.6 Å². The first-order valence-corrected chi connectivity index (χ1v) is 8.95. The molecule has 1 heterocycles. The normalized spacial score (nSPS) is 22.0. The molecule has 1 saturated carbocycles. The van der Waals surface area contributed by atoms with Gasteiger partial charge >= 0.3 is 0 Å². The minimum atomic E-state index is -3.51. The van der Waals surface area contributed by atoms with E-state index in [4.69, 9.17) is 4.74 Å². The van der Waals surface area contributed by atoms with Crippen LogP contribution in [0.3, 0.4) is 0 Å². The van der Waals surface area contributed by atoms with E-state index in [0.717, 1.165) is 24.8 Å². The Morgan fingerprint density at radius 1 is 1.33 bits per heavy atom. The first-order chi connectivity index (χ1) is 9.72. The zero-order chi connectivity index (χ0) is 15.4. The van der Waals surface area contributed by atoms with Crippen LogP contribution in [0.5, 0.6) is 5.75 Å². The van der Waals surface area contributed by atoms with Crippen molar-refractivity contribution in [2.24, 2.45) is 5.92 Å². The molecule has 0 amide bonds. The lowest BCUT2D eigenvalue weighted by atomic mass is 10.0. The highest BCUT2D eigenvalue weighted by atomic mass is 32.2. The zero-order valence-electron chi connectivity index (χ0n) is 13.1. The average Bonchev–Trinajstić information content (AvgIpc) is 3.18. The van der Waals surface area contributed by atoms with Crippen molar-refractivity contribution in [3.05, 3.63) is 23.8 Å². The minimum absolute atomic E-state index is 0.0419. The number of nitrogens with zero attached hydrogens (tertiary/aromatic N) is 1. The number of rotatable bonds is 4. The minimum Gasteiger partial charge on any atom is -0.486 e. The Hall–Kier alpha value is -1.07. The molecule has 0 saturated heterocycles. The van der Waals surface area contributed by atoms with Gasteiger partial charge in [-0.1, -0.05) is 12.1 Å². The van der Waals surface area contributed by atoms with Gasteiger partial charge in [-0.3, -0.25) is 0 Å². The number of hydrogen-bond acceptors (Lipinski definition) is 3. The summed E-state index contributed by atoms with van der Waals surface area (Å²) in [4.78, 5) is 0.306. The molecule has 1 aromatic rings. The summed E-state index contributed by atoms with van der Waals surface area (Å²) in [5, 5.41) is 0. The predicted molar refractivity (Wildman–Crippen MR) is 82.0 cm³/mol. The number of ether oxygens (including phenoxy) is 1. The fraction of sp³-hybridized carbons (Fsp3) is 0.625. The third-order valence-electron chi connectivity index (χ3n) is 4.59. The van der Waals surface area contributed by atoms with Crippen molar-refractivity contribution >= 4 is 10.0 Å². The largest absolute Gasteiger partial charge is 0.486 e. The molecule has 21 heavy (non-hydrogen) atoms. The molecule has 1 aliphatic carbocycles. The Morgan fingerprint density at radius 2 is 2.00 bits per heavy atom. The van der Waals surface area contributed by atoms with Gasteiger partial charge in [0.25, 0.3) is 0 Å². The Kier molecular flexibility index (Phi) is 3.33. The van der Waals surface area contributed by atoms with Crippen LogP contribution >= 0.6 is 0 Å². The van der Waals surface area contributed by atoms with Gasteiger partial charge in [-0.25, -0.2) is 8.42 Å². The lowest BCUT2D eigenvalue weighted by Crippen LogP contribution is -2.36. The van der Waals surface area contributed by atoms with Crippen LogP contribution in [-0.4, -0.2) is 31.4 Å². The maximum atomic E-state index is 12.9. The maximum Gasteiger partial charge on any atom is 0.246 e. The molecule has 1 fully saturated rings. The monoisotopic (exact) mass is 309 g/mol. The molecule has 1 atom stereocenters. The van der Waals surface area contributed by atoms with Crippen LogP contribution in [0.25, 0.3) is 0 Å². The third kappa shape index (κ3) is 2.57. The lowest BCUT2D eigenvalue weighted by Gasteiger charge is -2.25. The van der Waals surface area contributed by atoms with Crippen LogP contribution in [0.1, 0.15) is 39.2 Å². The van der Waals surface area contributed by atoms with Gasteiger partial charge in [0.2, 0.25) is 10.0 Å². The van der Waals surface area contributed by atoms with E-state index in [1.54, 1.807) is 13.1 Å². The second-order valence-electron chi connectivity index (χ2n) is 6.88. The standard InChI is InChI=1S/C16H23NO3S/c1-11(12-8-9-12)17(4)21(18,19)14-7-5-6-13-10-16(2,3)20-15(13)14/h5-7,11-12H,8-10H2,1-4H3/t11-/m1/s1. The smallest absolute Gasteiger partial charge is 0.246 e. The summed E-state index contributed by atoms with van der Waals surface area (Å²) in [6.45, 7) is 5.96. The zero-order valence-corrected chi connectivity index (χ0v) is 13.9. The highest BCUT2D eigenvalue weighted by Crippen LogP contribution is 2.42. The molecular weight excluding hydrogens is 286 g/mol. The van der Waals surface area contributed by atoms with Gasteiger partial charge in [0.05, 0.1) is 0 Å². The SMILES string of the molecule is C[C@H](C1CC1)N(C)S(=O)(=O)c1cccc2c1OC(C)(C)C2. The van der Waals surface area contributed by atoms with E-state index in [1.807, 2.05) is 32.9 Å². The van der Waals surface area contributed by atoms with E-state index in [0.29, 0.717) is 16.6 Å². The van der Waals surface area contributed by atoms with Gasteiger partial charge < -0.3 is 4.74 Å². The van der Waals surface area contributed by atoms with Gasteiger partial charge in [0.15, 0.2) is 0 Å². The summed E-state index contributed by atoms with van der Waals surface area (Å²) in [6, 6.07) is 5.46. The number of benzene rings is 1. The van der Waals surface area contributed by atoms with Gasteiger partial charge in [-0.15, -0.1) is 0 Å². The second-order valence-corrected chi connectivity index (χ2v) is 8.85. The van der Waals surface area contributed by atoms with E-state index in [2.05, 4.69) is 0 Å². The molecule has 0 unspecified atom stereocenters. The van der Waals surface area contributed by atoms with E-state index in [9.17, 15) is 8.42 Å². The van der Waals surface area contributed by atoms with Crippen LogP contribution in [0.4, 0.5) is 0 Å². The molecule has 116 valence electrons. The fourth-order valence-corrected chi connectivity index (χ4v) is 4.62. The average molecular weight is 309 g/mol. The van der Waals surface area contributed by atoms with Crippen LogP contribution in [-0.2, 0) is 16.4 Å². The van der Waals surface area contributed by atoms with E-state index >= 15 is 0 Å². The molecule has 0 radical (unpaired) electrons. The number of sulfonamides is 1. The van der Waals surface area contributed by atoms with Gasteiger partial charge in [-0.05, 0) is 51.2 Å². The number of fused-ring (bicyclic) bond motifs is 1. The summed E-state index contributed by atoms with van der Waals surface area (Å²) in [5.41, 5.74) is 0.641. The van der Waals surface area contributed by atoms with Crippen molar-refractivity contribution in [1.29, 1.82) is 0 Å². The topological polar surface area (TPSA) is 46.6 Å². The fourth-order valence-electron chi connectivity index (χ4n) is 3.04. The highest BCUT2D eigenvalue weighted by Gasteiger charge is 2.40. The first-order valence-electron chi connectivity index (χ1n) is 7.51.